The highest BCUT2D eigenvalue weighted by molar-refractivity contribution is 5.94. The van der Waals surface area contributed by atoms with Crippen LogP contribution in [0.1, 0.15) is 98.8 Å². The van der Waals surface area contributed by atoms with E-state index in [0.717, 1.165) is 37.5 Å². The molecule has 3 nitrogen and oxygen atoms in total. The van der Waals surface area contributed by atoms with E-state index < -0.39 is 11.7 Å². The molecule has 4 fully saturated rings. The molecular formula is C26H44O3. The summed E-state index contributed by atoms with van der Waals surface area (Å²) in [6.07, 6.45) is 9.87. The molecule has 0 heterocycles. The minimum Gasteiger partial charge on any atom is -0.393 e. The van der Waals surface area contributed by atoms with Gasteiger partial charge in [-0.3, -0.25) is 4.79 Å². The van der Waals surface area contributed by atoms with Crippen LogP contribution in [-0.2, 0) is 4.79 Å². The number of fused-ring (bicyclic) bond motifs is 5. The standard InChI is InChI=1S/C26H44O3/c1-16(2)7-6-8-17(3)19-9-10-20-22-21(12-13-24(19,20)4)25(5)14-11-18(27)15-26(25,29)23(22)28/h16-22,27,29H,6-15H2,1-5H3/t17-,18+,19-,20+,21+,22+,24-,25-,26-/m1/s1. The largest absolute Gasteiger partial charge is 0.393 e. The van der Waals surface area contributed by atoms with Crippen LogP contribution in [0.25, 0.3) is 0 Å². The summed E-state index contributed by atoms with van der Waals surface area (Å²) >= 11 is 0. The second-order valence-electron chi connectivity index (χ2n) is 12.3. The van der Waals surface area contributed by atoms with E-state index in [1.165, 1.54) is 32.1 Å². The highest BCUT2D eigenvalue weighted by Gasteiger charge is 2.72. The number of rotatable bonds is 5. The Morgan fingerprint density at radius 1 is 1.00 bits per heavy atom. The molecule has 9 atom stereocenters. The van der Waals surface area contributed by atoms with Gasteiger partial charge in [0.05, 0.1) is 6.10 Å². The molecule has 3 heteroatoms. The summed E-state index contributed by atoms with van der Waals surface area (Å²) in [5, 5.41) is 21.8. The zero-order chi connectivity index (χ0) is 21.2. The van der Waals surface area contributed by atoms with Crippen molar-refractivity contribution in [2.24, 2.45) is 46.3 Å². The third-order valence-electron chi connectivity index (χ3n) is 10.5. The molecule has 2 N–H and O–H groups in total. The molecule has 4 rings (SSSR count). The molecule has 29 heavy (non-hydrogen) atoms. The van der Waals surface area contributed by atoms with Crippen LogP contribution in [0, 0.1) is 46.3 Å². The quantitative estimate of drug-likeness (QED) is 0.647. The van der Waals surface area contributed by atoms with E-state index in [4.69, 9.17) is 0 Å². The Morgan fingerprint density at radius 2 is 1.72 bits per heavy atom. The second-order valence-corrected chi connectivity index (χ2v) is 12.3. The van der Waals surface area contributed by atoms with Gasteiger partial charge in [0.25, 0.3) is 0 Å². The molecule has 0 radical (unpaired) electrons. The van der Waals surface area contributed by atoms with Crippen molar-refractivity contribution in [3.63, 3.8) is 0 Å². The number of aliphatic hydroxyl groups is 2. The maximum atomic E-state index is 13.7. The fourth-order valence-corrected chi connectivity index (χ4v) is 8.74. The molecule has 0 aliphatic heterocycles. The predicted octanol–water partition coefficient (Wildman–Crippen LogP) is 5.37. The van der Waals surface area contributed by atoms with Gasteiger partial charge >= 0.3 is 0 Å². The van der Waals surface area contributed by atoms with Gasteiger partial charge in [0.15, 0.2) is 5.78 Å². The van der Waals surface area contributed by atoms with Gasteiger partial charge in [-0.25, -0.2) is 0 Å². The number of hydrogen-bond acceptors (Lipinski definition) is 3. The Balaban J connectivity index is 1.56. The topological polar surface area (TPSA) is 57.5 Å². The Labute approximate surface area is 178 Å². The molecule has 0 aromatic heterocycles. The van der Waals surface area contributed by atoms with Gasteiger partial charge < -0.3 is 10.2 Å². The average molecular weight is 405 g/mol. The Bertz CT molecular complexity index is 644. The fraction of sp³-hybridized carbons (Fsp3) is 0.962. The van der Waals surface area contributed by atoms with Crippen molar-refractivity contribution in [1.82, 2.24) is 0 Å². The van der Waals surface area contributed by atoms with Gasteiger partial charge in [0.1, 0.15) is 5.60 Å². The lowest BCUT2D eigenvalue weighted by molar-refractivity contribution is -0.160. The van der Waals surface area contributed by atoms with Crippen LogP contribution in [0.3, 0.4) is 0 Å². The van der Waals surface area contributed by atoms with E-state index in [9.17, 15) is 15.0 Å². The molecule has 0 amide bonds. The van der Waals surface area contributed by atoms with Crippen LogP contribution < -0.4 is 0 Å². The Kier molecular flexibility index (Phi) is 5.51. The lowest BCUT2D eigenvalue weighted by Gasteiger charge is -2.51. The van der Waals surface area contributed by atoms with Crippen LogP contribution in [0.5, 0.6) is 0 Å². The summed E-state index contributed by atoms with van der Waals surface area (Å²) in [6.45, 7) is 11.7. The lowest BCUT2D eigenvalue weighted by atomic mass is 9.53. The lowest BCUT2D eigenvalue weighted by Crippen LogP contribution is -2.54. The van der Waals surface area contributed by atoms with Gasteiger partial charge in [-0.2, -0.15) is 0 Å². The first-order chi connectivity index (χ1) is 13.5. The predicted molar refractivity (Wildman–Crippen MR) is 116 cm³/mol. The van der Waals surface area contributed by atoms with Crippen molar-refractivity contribution in [2.45, 2.75) is 111 Å². The maximum Gasteiger partial charge on any atom is 0.168 e. The average Bonchev–Trinajstić information content (AvgIpc) is 3.07. The van der Waals surface area contributed by atoms with Gasteiger partial charge in [0.2, 0.25) is 0 Å². The van der Waals surface area contributed by atoms with E-state index in [-0.39, 0.29) is 29.0 Å². The van der Waals surface area contributed by atoms with Crippen LogP contribution in [0.4, 0.5) is 0 Å². The molecule has 4 aliphatic carbocycles. The highest BCUT2D eigenvalue weighted by Crippen LogP contribution is 2.70. The molecule has 0 bridgehead atoms. The highest BCUT2D eigenvalue weighted by atomic mass is 16.3. The summed E-state index contributed by atoms with van der Waals surface area (Å²) in [6, 6.07) is 0. The molecule has 0 aromatic rings. The van der Waals surface area contributed by atoms with E-state index in [1.807, 2.05) is 0 Å². The first-order valence-electron chi connectivity index (χ1n) is 12.5. The van der Waals surface area contributed by atoms with Gasteiger partial charge in [-0.1, -0.05) is 53.9 Å². The first-order valence-corrected chi connectivity index (χ1v) is 12.5. The number of aliphatic hydroxyl groups excluding tert-OH is 1. The summed E-state index contributed by atoms with van der Waals surface area (Å²) < 4.78 is 0. The molecular weight excluding hydrogens is 360 g/mol. The zero-order valence-corrected chi connectivity index (χ0v) is 19.4. The summed E-state index contributed by atoms with van der Waals surface area (Å²) in [4.78, 5) is 13.7. The van der Waals surface area contributed by atoms with Crippen molar-refractivity contribution in [3.05, 3.63) is 0 Å². The molecule has 4 saturated carbocycles. The van der Waals surface area contributed by atoms with Crippen molar-refractivity contribution in [3.8, 4) is 0 Å². The Hall–Kier alpha value is -0.410. The fourth-order valence-electron chi connectivity index (χ4n) is 8.74. The third-order valence-corrected chi connectivity index (χ3v) is 10.5. The number of carbonyl (C=O) groups excluding carboxylic acids is 1. The number of Topliss-reactive ketones (excluding diaryl/α,β-unsaturated/α-hetero) is 1. The summed E-state index contributed by atoms with van der Waals surface area (Å²) in [7, 11) is 0. The molecule has 0 aromatic carbocycles. The normalized spacial score (nSPS) is 50.3. The smallest absolute Gasteiger partial charge is 0.168 e. The maximum absolute atomic E-state index is 13.7. The van der Waals surface area contributed by atoms with Crippen LogP contribution >= 0.6 is 0 Å². The van der Waals surface area contributed by atoms with Gasteiger partial charge in [0, 0.05) is 17.8 Å². The minimum absolute atomic E-state index is 0.0157. The van der Waals surface area contributed by atoms with Crippen molar-refractivity contribution in [1.29, 1.82) is 0 Å². The summed E-state index contributed by atoms with van der Waals surface area (Å²) in [5.41, 5.74) is -1.39. The second kappa shape index (κ2) is 7.33. The van der Waals surface area contributed by atoms with Crippen LogP contribution in [0.2, 0.25) is 0 Å². The monoisotopic (exact) mass is 404 g/mol. The van der Waals surface area contributed by atoms with Crippen LogP contribution in [-0.4, -0.2) is 27.7 Å². The molecule has 4 aliphatic rings. The molecule has 0 spiro atoms. The van der Waals surface area contributed by atoms with Crippen molar-refractivity contribution >= 4 is 5.78 Å². The number of hydrogen-bond donors (Lipinski definition) is 2. The zero-order valence-electron chi connectivity index (χ0n) is 19.4. The Morgan fingerprint density at radius 3 is 2.41 bits per heavy atom. The first kappa shape index (κ1) is 21.8. The number of carbonyl (C=O) groups is 1. The minimum atomic E-state index is -1.30. The van der Waals surface area contributed by atoms with E-state index in [1.54, 1.807) is 0 Å². The third kappa shape index (κ3) is 3.08. The molecule has 0 unspecified atom stereocenters. The summed E-state index contributed by atoms with van der Waals surface area (Å²) in [5.74, 6) is 3.05. The van der Waals surface area contributed by atoms with Crippen molar-refractivity contribution in [2.75, 3.05) is 0 Å². The van der Waals surface area contributed by atoms with Gasteiger partial charge in [-0.15, -0.1) is 0 Å². The van der Waals surface area contributed by atoms with E-state index in [2.05, 4.69) is 34.6 Å². The molecule has 0 saturated heterocycles. The van der Waals surface area contributed by atoms with E-state index in [0.29, 0.717) is 17.8 Å². The number of ketones is 1. The molecule has 166 valence electrons. The van der Waals surface area contributed by atoms with Crippen LogP contribution in [0.15, 0.2) is 0 Å². The van der Waals surface area contributed by atoms with E-state index >= 15 is 0 Å². The SMILES string of the molecule is CC(C)CCC[C@@H](C)[C@H]1CC[C@H]2[C@@H]3C(=O)[C@]4(O)C[C@@H](O)CC[C@]4(C)[C@H]3CC[C@]12C. The van der Waals surface area contributed by atoms with Crippen molar-refractivity contribution < 1.29 is 15.0 Å². The van der Waals surface area contributed by atoms with Gasteiger partial charge in [-0.05, 0) is 73.5 Å².